The van der Waals surface area contributed by atoms with Crippen molar-refractivity contribution in [3.8, 4) is 6.07 Å². The number of nitriles is 1. The highest BCUT2D eigenvalue weighted by Gasteiger charge is 2.38. The maximum absolute atomic E-state index is 13.4. The molecule has 0 bridgehead atoms. The zero-order valence-corrected chi connectivity index (χ0v) is 14.2. The molecule has 1 saturated heterocycles. The Kier molecular flexibility index (Phi) is 4.18. The minimum atomic E-state index is -4.72. The number of nitrogens with zero attached hydrogens (tertiary/aromatic N) is 5. The second-order valence-electron chi connectivity index (χ2n) is 6.34. The molecule has 0 aliphatic carbocycles. The largest absolute Gasteiger partial charge is 0.451 e. The van der Waals surface area contributed by atoms with E-state index in [1.54, 1.807) is 17.0 Å². The van der Waals surface area contributed by atoms with Gasteiger partial charge in [0.05, 0.1) is 5.69 Å². The molecule has 0 radical (unpaired) electrons. The topological polar surface area (TPSA) is 77.2 Å². The molecule has 1 fully saturated rings. The van der Waals surface area contributed by atoms with Crippen LogP contribution < -0.4 is 10.2 Å². The highest BCUT2D eigenvalue weighted by molar-refractivity contribution is 6.02. The summed E-state index contributed by atoms with van der Waals surface area (Å²) in [6.07, 6.45) is -3.03. The van der Waals surface area contributed by atoms with E-state index >= 15 is 0 Å². The molecule has 4 rings (SSSR count). The summed E-state index contributed by atoms with van der Waals surface area (Å²) < 4.78 is 40.2. The van der Waals surface area contributed by atoms with E-state index in [1.807, 2.05) is 18.2 Å². The standard InChI is InChI=1S/C18H15F3N6/c19-18(20,21)17-25-14(12(9-22)16(26-17)27-7-3-4-8-27)15-23-10-11-5-1-2-6-13(11)24-15/h1-2,5-6H,3-4,7-8,10H2,(H,23,24). The van der Waals surface area contributed by atoms with Crippen LogP contribution in [-0.2, 0) is 12.7 Å². The van der Waals surface area contributed by atoms with Gasteiger partial charge >= 0.3 is 6.18 Å². The van der Waals surface area contributed by atoms with Crippen LogP contribution in [-0.4, -0.2) is 28.9 Å². The third kappa shape index (κ3) is 3.18. The average molecular weight is 372 g/mol. The first-order chi connectivity index (χ1) is 13.0. The Morgan fingerprint density at radius 2 is 1.85 bits per heavy atom. The Hall–Kier alpha value is -3.15. The summed E-state index contributed by atoms with van der Waals surface area (Å²) in [5.41, 5.74) is 1.46. The predicted molar refractivity (Wildman–Crippen MR) is 92.7 cm³/mol. The van der Waals surface area contributed by atoms with Crippen molar-refractivity contribution in [3.63, 3.8) is 0 Å². The number of aliphatic imine (C=N–C) groups is 1. The van der Waals surface area contributed by atoms with Crippen molar-refractivity contribution < 1.29 is 13.2 Å². The summed E-state index contributed by atoms with van der Waals surface area (Å²) in [6, 6.07) is 9.30. The van der Waals surface area contributed by atoms with Crippen molar-refractivity contribution in [2.45, 2.75) is 25.6 Å². The molecule has 138 valence electrons. The fourth-order valence-corrected chi connectivity index (χ4v) is 3.25. The van der Waals surface area contributed by atoms with Crippen LogP contribution in [0.3, 0.4) is 0 Å². The molecule has 9 heteroatoms. The van der Waals surface area contributed by atoms with Crippen LogP contribution in [0.4, 0.5) is 24.7 Å². The van der Waals surface area contributed by atoms with Gasteiger partial charge in [0.1, 0.15) is 17.3 Å². The van der Waals surface area contributed by atoms with Gasteiger partial charge in [-0.25, -0.2) is 15.0 Å². The van der Waals surface area contributed by atoms with Crippen molar-refractivity contribution in [2.75, 3.05) is 18.0 Å². The average Bonchev–Trinajstić information content (AvgIpc) is 3.20. The van der Waals surface area contributed by atoms with Gasteiger partial charge in [0.2, 0.25) is 5.82 Å². The Morgan fingerprint density at radius 3 is 2.56 bits per heavy atom. The van der Waals surface area contributed by atoms with Crippen LogP contribution in [0.2, 0.25) is 0 Å². The van der Waals surface area contributed by atoms with Crippen LogP contribution >= 0.6 is 0 Å². The number of anilines is 1. The third-order valence-corrected chi connectivity index (χ3v) is 4.56. The maximum atomic E-state index is 13.4. The normalized spacial score (nSPS) is 16.4. The summed E-state index contributed by atoms with van der Waals surface area (Å²) in [4.78, 5) is 13.4. The number of aromatic nitrogens is 2. The summed E-state index contributed by atoms with van der Waals surface area (Å²) in [6.45, 7) is 1.51. The summed E-state index contributed by atoms with van der Waals surface area (Å²) >= 11 is 0. The molecule has 0 saturated carbocycles. The molecule has 27 heavy (non-hydrogen) atoms. The van der Waals surface area contributed by atoms with E-state index in [2.05, 4.69) is 20.3 Å². The Labute approximate surface area is 153 Å². The van der Waals surface area contributed by atoms with Gasteiger partial charge in [0.25, 0.3) is 0 Å². The number of rotatable bonds is 2. The van der Waals surface area contributed by atoms with Gasteiger partial charge in [-0.2, -0.15) is 18.4 Å². The highest BCUT2D eigenvalue weighted by Crippen LogP contribution is 2.32. The number of amidine groups is 1. The van der Waals surface area contributed by atoms with Crippen LogP contribution in [0.25, 0.3) is 0 Å². The molecule has 0 unspecified atom stereocenters. The number of benzene rings is 1. The van der Waals surface area contributed by atoms with E-state index in [9.17, 15) is 18.4 Å². The first kappa shape index (κ1) is 17.3. The van der Waals surface area contributed by atoms with E-state index < -0.39 is 12.0 Å². The number of alkyl halides is 3. The number of para-hydroxylation sites is 1. The second kappa shape index (κ2) is 6.54. The highest BCUT2D eigenvalue weighted by atomic mass is 19.4. The molecule has 2 aliphatic heterocycles. The molecule has 0 amide bonds. The van der Waals surface area contributed by atoms with Crippen LogP contribution in [0.15, 0.2) is 29.3 Å². The lowest BCUT2D eigenvalue weighted by Gasteiger charge is -2.23. The van der Waals surface area contributed by atoms with E-state index in [0.29, 0.717) is 25.3 Å². The Morgan fingerprint density at radius 1 is 1.11 bits per heavy atom. The molecule has 2 aromatic rings. The van der Waals surface area contributed by atoms with Crippen LogP contribution in [0.1, 0.15) is 35.5 Å². The summed E-state index contributed by atoms with van der Waals surface area (Å²) in [5.74, 6) is -1.09. The van der Waals surface area contributed by atoms with Crippen molar-refractivity contribution in [2.24, 2.45) is 4.99 Å². The van der Waals surface area contributed by atoms with Gasteiger partial charge in [-0.3, -0.25) is 0 Å². The van der Waals surface area contributed by atoms with Gasteiger partial charge in [-0.15, -0.1) is 0 Å². The number of hydrogen-bond acceptors (Lipinski definition) is 6. The molecule has 2 aliphatic rings. The molecule has 3 heterocycles. The van der Waals surface area contributed by atoms with Crippen molar-refractivity contribution in [3.05, 3.63) is 46.9 Å². The van der Waals surface area contributed by atoms with Crippen LogP contribution in [0.5, 0.6) is 0 Å². The minimum Gasteiger partial charge on any atom is -0.364 e. The maximum Gasteiger partial charge on any atom is 0.451 e. The van der Waals surface area contributed by atoms with Crippen molar-refractivity contribution >= 4 is 17.3 Å². The number of halogens is 3. The SMILES string of the molecule is N#Cc1c(C2=Nc3ccccc3CN2)nc(C(F)(F)F)nc1N1CCCC1. The smallest absolute Gasteiger partial charge is 0.364 e. The molecule has 6 nitrogen and oxygen atoms in total. The molecule has 1 aromatic carbocycles. The van der Waals surface area contributed by atoms with Crippen LogP contribution in [0, 0.1) is 11.3 Å². The quantitative estimate of drug-likeness (QED) is 0.876. The fraction of sp³-hybridized carbons (Fsp3) is 0.333. The molecule has 1 N–H and O–H groups in total. The van der Waals surface area contributed by atoms with Gasteiger partial charge in [0.15, 0.2) is 11.7 Å². The Bertz CT molecular complexity index is 955. The van der Waals surface area contributed by atoms with Crippen molar-refractivity contribution in [1.29, 1.82) is 5.26 Å². The number of nitrogens with one attached hydrogen (secondary N) is 1. The zero-order valence-electron chi connectivity index (χ0n) is 14.2. The van der Waals surface area contributed by atoms with Gasteiger partial charge < -0.3 is 10.2 Å². The van der Waals surface area contributed by atoms with E-state index in [1.165, 1.54) is 0 Å². The zero-order chi connectivity index (χ0) is 19.0. The van der Waals surface area contributed by atoms with Gasteiger partial charge in [-0.1, -0.05) is 18.2 Å². The Balaban J connectivity index is 1.90. The minimum absolute atomic E-state index is 0.00975. The van der Waals surface area contributed by atoms with E-state index in [-0.39, 0.29) is 22.9 Å². The molecule has 0 atom stereocenters. The second-order valence-corrected chi connectivity index (χ2v) is 6.34. The molecule has 1 aromatic heterocycles. The number of fused-ring (bicyclic) bond motifs is 1. The lowest BCUT2D eigenvalue weighted by Crippen LogP contribution is -2.32. The van der Waals surface area contributed by atoms with E-state index in [4.69, 9.17) is 0 Å². The molecular formula is C18H15F3N6. The predicted octanol–water partition coefficient (Wildman–Crippen LogP) is 3.15. The lowest BCUT2D eigenvalue weighted by molar-refractivity contribution is -0.144. The lowest BCUT2D eigenvalue weighted by atomic mass is 10.1. The van der Waals surface area contributed by atoms with Gasteiger partial charge in [0, 0.05) is 19.6 Å². The monoisotopic (exact) mass is 372 g/mol. The van der Waals surface area contributed by atoms with Gasteiger partial charge in [-0.05, 0) is 24.5 Å². The fourth-order valence-electron chi connectivity index (χ4n) is 3.25. The molecule has 0 spiro atoms. The first-order valence-electron chi connectivity index (χ1n) is 8.52. The number of hydrogen-bond donors (Lipinski definition) is 1. The third-order valence-electron chi connectivity index (χ3n) is 4.56. The summed E-state index contributed by atoms with van der Waals surface area (Å²) in [5, 5.41) is 12.6. The molecular weight excluding hydrogens is 357 g/mol. The van der Waals surface area contributed by atoms with Crippen molar-refractivity contribution in [1.82, 2.24) is 15.3 Å². The van der Waals surface area contributed by atoms with E-state index in [0.717, 1.165) is 18.4 Å². The summed E-state index contributed by atoms with van der Waals surface area (Å²) in [7, 11) is 0. The first-order valence-corrected chi connectivity index (χ1v) is 8.52.